The van der Waals surface area contributed by atoms with Crippen LogP contribution in [0.1, 0.15) is 5.76 Å². The lowest BCUT2D eigenvalue weighted by atomic mass is 10.0. The number of halogens is 1. The van der Waals surface area contributed by atoms with Crippen molar-refractivity contribution in [2.75, 3.05) is 13.1 Å². The van der Waals surface area contributed by atoms with Gasteiger partial charge >= 0.3 is 0 Å². The molecule has 4 rings (SSSR count). The maximum absolute atomic E-state index is 11.0. The quantitative estimate of drug-likeness (QED) is 0.579. The Morgan fingerprint density at radius 2 is 2.00 bits per heavy atom. The molecule has 0 bridgehead atoms. The van der Waals surface area contributed by atoms with Gasteiger partial charge in [-0.15, -0.1) is 12.4 Å². The van der Waals surface area contributed by atoms with E-state index in [1.54, 1.807) is 12.1 Å². The molecule has 0 saturated carbocycles. The zero-order valence-corrected chi connectivity index (χ0v) is 13.4. The van der Waals surface area contributed by atoms with E-state index in [0.717, 1.165) is 41.0 Å². The molecule has 24 heavy (non-hydrogen) atoms. The van der Waals surface area contributed by atoms with Gasteiger partial charge in [-0.05, 0) is 23.3 Å². The minimum Gasteiger partial charge on any atom is -0.453 e. The summed E-state index contributed by atoms with van der Waals surface area (Å²) in [6.07, 6.45) is 0. The third-order valence-electron chi connectivity index (χ3n) is 3.84. The van der Waals surface area contributed by atoms with Gasteiger partial charge in [-0.25, -0.2) is 0 Å². The van der Waals surface area contributed by atoms with E-state index in [1.807, 2.05) is 30.3 Å². The van der Waals surface area contributed by atoms with Gasteiger partial charge < -0.3 is 9.73 Å². The summed E-state index contributed by atoms with van der Waals surface area (Å²) in [6, 6.07) is 14.2. The molecule has 7 heteroatoms. The zero-order valence-electron chi connectivity index (χ0n) is 12.6. The number of rotatable bonds is 3. The topological polar surface area (TPSA) is 80.7 Å². The molecule has 0 unspecified atom stereocenters. The number of hydrogen-bond acceptors (Lipinski definition) is 5. The van der Waals surface area contributed by atoms with Crippen LogP contribution in [0, 0.1) is 10.1 Å². The Kier molecular flexibility index (Phi) is 4.22. The second kappa shape index (κ2) is 6.33. The normalized spacial score (nSPS) is 13.2. The van der Waals surface area contributed by atoms with Crippen molar-refractivity contribution in [3.8, 4) is 11.1 Å². The number of nitrogens with zero attached hydrogens (tertiary/aromatic N) is 2. The standard InChI is InChI=1S/C17H13N3O3.ClH/c21-20(22)12-4-1-3-11(9-12)13-5-2-6-15-14(13)10-16(23-15)17-18-7-8-19-17;/h1-6,9-10H,7-8H2,(H,18,19);1H. The lowest BCUT2D eigenvalue weighted by Crippen LogP contribution is -2.18. The number of amidine groups is 1. The SMILES string of the molecule is Cl.O=[N+]([O-])c1cccc(-c2cccc3oc(C4=NCCN4)cc23)c1. The smallest absolute Gasteiger partial charge is 0.270 e. The summed E-state index contributed by atoms with van der Waals surface area (Å²) >= 11 is 0. The highest BCUT2D eigenvalue weighted by Crippen LogP contribution is 2.32. The molecule has 2 heterocycles. The number of non-ortho nitro benzene ring substituents is 1. The number of benzene rings is 2. The average molecular weight is 344 g/mol. The van der Waals surface area contributed by atoms with Gasteiger partial charge in [0.05, 0.1) is 11.5 Å². The van der Waals surface area contributed by atoms with Gasteiger partial charge in [0, 0.05) is 24.1 Å². The first kappa shape index (κ1) is 16.0. The van der Waals surface area contributed by atoms with E-state index in [4.69, 9.17) is 4.42 Å². The van der Waals surface area contributed by atoms with E-state index in [-0.39, 0.29) is 23.0 Å². The van der Waals surface area contributed by atoms with Crippen molar-refractivity contribution in [2.24, 2.45) is 4.99 Å². The van der Waals surface area contributed by atoms with Gasteiger partial charge in [-0.3, -0.25) is 15.1 Å². The lowest BCUT2D eigenvalue weighted by Gasteiger charge is -2.02. The van der Waals surface area contributed by atoms with Crippen molar-refractivity contribution in [1.82, 2.24) is 5.32 Å². The predicted octanol–water partition coefficient (Wildman–Crippen LogP) is 3.78. The number of nitro benzene ring substituents is 1. The van der Waals surface area contributed by atoms with Gasteiger partial charge in [-0.1, -0.05) is 24.3 Å². The highest BCUT2D eigenvalue weighted by molar-refractivity contribution is 6.03. The van der Waals surface area contributed by atoms with E-state index >= 15 is 0 Å². The van der Waals surface area contributed by atoms with Gasteiger partial charge in [0.1, 0.15) is 5.58 Å². The largest absolute Gasteiger partial charge is 0.453 e. The molecule has 0 amide bonds. The van der Waals surface area contributed by atoms with Crippen LogP contribution in [0.3, 0.4) is 0 Å². The summed E-state index contributed by atoms with van der Waals surface area (Å²) in [5.41, 5.74) is 2.50. The molecule has 0 radical (unpaired) electrons. The zero-order chi connectivity index (χ0) is 15.8. The molecule has 0 spiro atoms. The molecule has 1 aliphatic rings. The molecule has 122 valence electrons. The number of furan rings is 1. The van der Waals surface area contributed by atoms with Gasteiger partial charge in [0.15, 0.2) is 11.6 Å². The van der Waals surface area contributed by atoms with Crippen LogP contribution in [0.15, 0.2) is 57.9 Å². The van der Waals surface area contributed by atoms with Gasteiger partial charge in [-0.2, -0.15) is 0 Å². The first-order valence-electron chi connectivity index (χ1n) is 7.28. The molecular formula is C17H14ClN3O3. The van der Waals surface area contributed by atoms with Crippen molar-refractivity contribution < 1.29 is 9.34 Å². The Bertz CT molecular complexity index is 949. The Morgan fingerprint density at radius 3 is 2.75 bits per heavy atom. The fourth-order valence-corrected chi connectivity index (χ4v) is 2.78. The Balaban J connectivity index is 0.00000169. The number of hydrogen-bond donors (Lipinski definition) is 1. The van der Waals surface area contributed by atoms with Crippen LogP contribution < -0.4 is 5.32 Å². The van der Waals surface area contributed by atoms with Crippen LogP contribution in [-0.4, -0.2) is 23.8 Å². The van der Waals surface area contributed by atoms with Crippen molar-refractivity contribution in [3.05, 3.63) is 64.4 Å². The molecule has 1 aliphatic heterocycles. The van der Waals surface area contributed by atoms with E-state index < -0.39 is 0 Å². The summed E-state index contributed by atoms with van der Waals surface area (Å²) < 4.78 is 5.86. The van der Waals surface area contributed by atoms with E-state index in [2.05, 4.69) is 10.3 Å². The molecule has 0 saturated heterocycles. The summed E-state index contributed by atoms with van der Waals surface area (Å²) in [5.74, 6) is 1.45. The third-order valence-corrected chi connectivity index (χ3v) is 3.84. The molecular weight excluding hydrogens is 330 g/mol. The van der Waals surface area contributed by atoms with Crippen LogP contribution in [0.4, 0.5) is 5.69 Å². The number of nitrogens with one attached hydrogen (secondary N) is 1. The molecule has 6 nitrogen and oxygen atoms in total. The fourth-order valence-electron chi connectivity index (χ4n) is 2.78. The van der Waals surface area contributed by atoms with Crippen LogP contribution in [0.5, 0.6) is 0 Å². The van der Waals surface area contributed by atoms with Gasteiger partial charge in [0.25, 0.3) is 5.69 Å². The number of aliphatic imine (C=N–C) groups is 1. The molecule has 1 N–H and O–H groups in total. The Morgan fingerprint density at radius 1 is 1.17 bits per heavy atom. The molecule has 1 aromatic heterocycles. The second-order valence-electron chi connectivity index (χ2n) is 5.29. The summed E-state index contributed by atoms with van der Waals surface area (Å²) in [5, 5.41) is 15.1. The van der Waals surface area contributed by atoms with E-state index in [0.29, 0.717) is 5.76 Å². The maximum Gasteiger partial charge on any atom is 0.270 e. The van der Waals surface area contributed by atoms with E-state index in [9.17, 15) is 10.1 Å². The third kappa shape index (κ3) is 2.72. The number of nitro groups is 1. The molecule has 0 fully saturated rings. The molecule has 2 aromatic carbocycles. The second-order valence-corrected chi connectivity index (χ2v) is 5.29. The molecule has 0 aliphatic carbocycles. The van der Waals surface area contributed by atoms with Gasteiger partial charge in [0.2, 0.25) is 0 Å². The fraction of sp³-hybridized carbons (Fsp3) is 0.118. The minimum absolute atomic E-state index is 0. The van der Waals surface area contributed by atoms with Crippen molar-refractivity contribution in [2.45, 2.75) is 0 Å². The van der Waals surface area contributed by atoms with Crippen molar-refractivity contribution in [1.29, 1.82) is 0 Å². The summed E-state index contributed by atoms with van der Waals surface area (Å²) in [4.78, 5) is 15.0. The Labute approximate surface area is 143 Å². The van der Waals surface area contributed by atoms with Crippen LogP contribution >= 0.6 is 12.4 Å². The highest BCUT2D eigenvalue weighted by atomic mass is 35.5. The molecule has 0 atom stereocenters. The van der Waals surface area contributed by atoms with Crippen LogP contribution in [0.25, 0.3) is 22.1 Å². The monoisotopic (exact) mass is 343 g/mol. The van der Waals surface area contributed by atoms with E-state index in [1.165, 1.54) is 6.07 Å². The first-order valence-corrected chi connectivity index (χ1v) is 7.28. The highest BCUT2D eigenvalue weighted by Gasteiger charge is 2.16. The lowest BCUT2D eigenvalue weighted by molar-refractivity contribution is -0.384. The van der Waals surface area contributed by atoms with Crippen molar-refractivity contribution >= 4 is 34.9 Å². The average Bonchev–Trinajstić information content (AvgIpc) is 3.23. The maximum atomic E-state index is 11.0. The molecule has 3 aromatic rings. The first-order chi connectivity index (χ1) is 11.2. The number of fused-ring (bicyclic) bond motifs is 1. The Hall–Kier alpha value is -2.86. The predicted molar refractivity (Wildman–Crippen MR) is 95.0 cm³/mol. The van der Waals surface area contributed by atoms with Crippen molar-refractivity contribution in [3.63, 3.8) is 0 Å². The summed E-state index contributed by atoms with van der Waals surface area (Å²) in [7, 11) is 0. The summed E-state index contributed by atoms with van der Waals surface area (Å²) in [6.45, 7) is 1.55. The van der Waals surface area contributed by atoms with Crippen LogP contribution in [-0.2, 0) is 0 Å². The van der Waals surface area contributed by atoms with Crippen LogP contribution in [0.2, 0.25) is 0 Å². The minimum atomic E-state index is -0.387.